The SMILES string of the molecule is CCCNCc1cc(N2CCCC(C)C2)ccn1. The number of nitrogens with zero attached hydrogens (tertiary/aromatic N) is 2. The highest BCUT2D eigenvalue weighted by molar-refractivity contribution is 5.46. The summed E-state index contributed by atoms with van der Waals surface area (Å²) in [5.41, 5.74) is 2.49. The molecular formula is C15H25N3. The maximum absolute atomic E-state index is 4.44. The number of rotatable bonds is 5. The summed E-state index contributed by atoms with van der Waals surface area (Å²) in [4.78, 5) is 6.94. The van der Waals surface area contributed by atoms with E-state index in [1.807, 2.05) is 6.20 Å². The quantitative estimate of drug-likeness (QED) is 0.811. The second-order valence-corrected chi connectivity index (χ2v) is 5.38. The Hall–Kier alpha value is -1.09. The van der Waals surface area contributed by atoms with Crippen LogP contribution in [0.4, 0.5) is 5.69 Å². The molecular weight excluding hydrogens is 222 g/mol. The van der Waals surface area contributed by atoms with Gasteiger partial charge >= 0.3 is 0 Å². The third kappa shape index (κ3) is 3.70. The lowest BCUT2D eigenvalue weighted by molar-refractivity contribution is 0.446. The molecule has 2 heterocycles. The highest BCUT2D eigenvalue weighted by Crippen LogP contribution is 2.22. The molecule has 1 aromatic heterocycles. The predicted octanol–water partition coefficient (Wildman–Crippen LogP) is 2.82. The van der Waals surface area contributed by atoms with Crippen molar-refractivity contribution >= 4 is 5.69 Å². The second-order valence-electron chi connectivity index (χ2n) is 5.38. The molecule has 1 atom stereocenters. The summed E-state index contributed by atoms with van der Waals surface area (Å²) in [6, 6.07) is 4.38. The Morgan fingerprint density at radius 3 is 3.17 bits per heavy atom. The zero-order chi connectivity index (χ0) is 12.8. The smallest absolute Gasteiger partial charge is 0.0562 e. The van der Waals surface area contributed by atoms with Crippen molar-refractivity contribution in [3.63, 3.8) is 0 Å². The fourth-order valence-electron chi connectivity index (χ4n) is 2.58. The van der Waals surface area contributed by atoms with E-state index in [0.29, 0.717) is 0 Å². The first kappa shape index (κ1) is 13.3. The van der Waals surface area contributed by atoms with E-state index in [1.165, 1.54) is 38.0 Å². The number of aromatic nitrogens is 1. The molecule has 0 aromatic carbocycles. The third-order valence-corrected chi connectivity index (χ3v) is 3.56. The highest BCUT2D eigenvalue weighted by atomic mass is 15.1. The van der Waals surface area contributed by atoms with Gasteiger partial charge in [0.2, 0.25) is 0 Å². The molecule has 1 aliphatic rings. The third-order valence-electron chi connectivity index (χ3n) is 3.56. The van der Waals surface area contributed by atoms with Crippen LogP contribution >= 0.6 is 0 Å². The Labute approximate surface area is 111 Å². The summed E-state index contributed by atoms with van der Waals surface area (Å²) < 4.78 is 0. The Kier molecular flexibility index (Phi) is 5.00. The number of pyridine rings is 1. The lowest BCUT2D eigenvalue weighted by atomic mass is 10.00. The first-order chi connectivity index (χ1) is 8.79. The van der Waals surface area contributed by atoms with Crippen molar-refractivity contribution in [2.24, 2.45) is 5.92 Å². The molecule has 100 valence electrons. The van der Waals surface area contributed by atoms with Crippen LogP contribution in [0, 0.1) is 5.92 Å². The zero-order valence-electron chi connectivity index (χ0n) is 11.7. The van der Waals surface area contributed by atoms with Crippen molar-refractivity contribution in [1.82, 2.24) is 10.3 Å². The van der Waals surface area contributed by atoms with Gasteiger partial charge in [-0.3, -0.25) is 4.98 Å². The van der Waals surface area contributed by atoms with E-state index in [1.54, 1.807) is 0 Å². The lowest BCUT2D eigenvalue weighted by Gasteiger charge is -2.32. The molecule has 1 N–H and O–H groups in total. The van der Waals surface area contributed by atoms with Crippen LogP contribution in [-0.4, -0.2) is 24.6 Å². The van der Waals surface area contributed by atoms with Gasteiger partial charge in [-0.25, -0.2) is 0 Å². The summed E-state index contributed by atoms with van der Waals surface area (Å²) in [7, 11) is 0. The van der Waals surface area contributed by atoms with Gasteiger partial charge in [0.15, 0.2) is 0 Å². The van der Waals surface area contributed by atoms with Gasteiger partial charge in [0.25, 0.3) is 0 Å². The lowest BCUT2D eigenvalue weighted by Crippen LogP contribution is -2.34. The van der Waals surface area contributed by atoms with E-state index in [0.717, 1.165) is 24.7 Å². The summed E-state index contributed by atoms with van der Waals surface area (Å²) in [5.74, 6) is 0.814. The number of piperidine rings is 1. The summed E-state index contributed by atoms with van der Waals surface area (Å²) >= 11 is 0. The van der Waals surface area contributed by atoms with Gasteiger partial charge in [-0.15, -0.1) is 0 Å². The number of hydrogen-bond donors (Lipinski definition) is 1. The molecule has 1 aromatic rings. The molecule has 0 saturated carbocycles. The van der Waals surface area contributed by atoms with Crippen LogP contribution in [0.15, 0.2) is 18.3 Å². The molecule has 0 aliphatic carbocycles. The largest absolute Gasteiger partial charge is 0.371 e. The molecule has 3 heteroatoms. The van der Waals surface area contributed by atoms with Crippen LogP contribution in [0.2, 0.25) is 0 Å². The second kappa shape index (κ2) is 6.74. The Bertz CT molecular complexity index is 365. The van der Waals surface area contributed by atoms with Crippen LogP contribution < -0.4 is 10.2 Å². The van der Waals surface area contributed by atoms with Crippen molar-refractivity contribution in [2.75, 3.05) is 24.5 Å². The fourth-order valence-corrected chi connectivity index (χ4v) is 2.58. The number of anilines is 1. The summed E-state index contributed by atoms with van der Waals surface area (Å²) in [5, 5.41) is 3.41. The molecule has 0 amide bonds. The van der Waals surface area contributed by atoms with Crippen LogP contribution in [0.3, 0.4) is 0 Å². The van der Waals surface area contributed by atoms with Crippen LogP contribution in [0.25, 0.3) is 0 Å². The van der Waals surface area contributed by atoms with Gasteiger partial charge in [-0.2, -0.15) is 0 Å². The van der Waals surface area contributed by atoms with Crippen LogP contribution in [0.1, 0.15) is 38.8 Å². The number of hydrogen-bond acceptors (Lipinski definition) is 3. The van der Waals surface area contributed by atoms with Gasteiger partial charge in [0, 0.05) is 31.5 Å². The Morgan fingerprint density at radius 1 is 1.50 bits per heavy atom. The molecule has 0 radical (unpaired) electrons. The number of nitrogens with one attached hydrogen (secondary N) is 1. The molecule has 0 bridgehead atoms. The fraction of sp³-hybridized carbons (Fsp3) is 0.667. The topological polar surface area (TPSA) is 28.2 Å². The summed E-state index contributed by atoms with van der Waals surface area (Å²) in [6.07, 6.45) is 5.79. The zero-order valence-corrected chi connectivity index (χ0v) is 11.7. The molecule has 1 aliphatic heterocycles. The van der Waals surface area contributed by atoms with Crippen molar-refractivity contribution in [3.05, 3.63) is 24.0 Å². The standard InChI is InChI=1S/C15H25N3/c1-3-7-16-11-14-10-15(6-8-17-14)18-9-4-5-13(2)12-18/h6,8,10,13,16H,3-5,7,9,11-12H2,1-2H3. The van der Waals surface area contributed by atoms with E-state index in [4.69, 9.17) is 0 Å². The van der Waals surface area contributed by atoms with Crippen molar-refractivity contribution in [1.29, 1.82) is 0 Å². The molecule has 1 saturated heterocycles. The highest BCUT2D eigenvalue weighted by Gasteiger charge is 2.16. The van der Waals surface area contributed by atoms with Gasteiger partial charge in [-0.05, 0) is 43.9 Å². The van der Waals surface area contributed by atoms with Crippen molar-refractivity contribution in [3.8, 4) is 0 Å². The van der Waals surface area contributed by atoms with Gasteiger partial charge in [0.1, 0.15) is 0 Å². The van der Waals surface area contributed by atoms with Crippen molar-refractivity contribution in [2.45, 2.75) is 39.7 Å². The normalized spacial score (nSPS) is 20.1. The van der Waals surface area contributed by atoms with Crippen molar-refractivity contribution < 1.29 is 0 Å². The van der Waals surface area contributed by atoms with Gasteiger partial charge in [0.05, 0.1) is 5.69 Å². The molecule has 2 rings (SSSR count). The van der Waals surface area contributed by atoms with E-state index in [9.17, 15) is 0 Å². The average molecular weight is 247 g/mol. The molecule has 1 unspecified atom stereocenters. The molecule has 3 nitrogen and oxygen atoms in total. The van der Waals surface area contributed by atoms with Crippen LogP contribution in [0.5, 0.6) is 0 Å². The monoisotopic (exact) mass is 247 g/mol. The van der Waals surface area contributed by atoms with Crippen LogP contribution in [-0.2, 0) is 6.54 Å². The molecule has 0 spiro atoms. The summed E-state index contributed by atoms with van der Waals surface area (Å²) in [6.45, 7) is 8.85. The average Bonchev–Trinajstić information content (AvgIpc) is 2.39. The minimum Gasteiger partial charge on any atom is -0.371 e. The first-order valence-corrected chi connectivity index (χ1v) is 7.20. The van der Waals surface area contributed by atoms with E-state index in [-0.39, 0.29) is 0 Å². The Morgan fingerprint density at radius 2 is 2.39 bits per heavy atom. The van der Waals surface area contributed by atoms with E-state index >= 15 is 0 Å². The molecule has 18 heavy (non-hydrogen) atoms. The molecule has 1 fully saturated rings. The maximum Gasteiger partial charge on any atom is 0.0562 e. The minimum atomic E-state index is 0.814. The van der Waals surface area contributed by atoms with E-state index < -0.39 is 0 Å². The first-order valence-electron chi connectivity index (χ1n) is 7.20. The van der Waals surface area contributed by atoms with E-state index in [2.05, 4.69) is 41.2 Å². The van der Waals surface area contributed by atoms with Gasteiger partial charge < -0.3 is 10.2 Å². The Balaban J connectivity index is 1.97. The predicted molar refractivity (Wildman–Crippen MR) is 76.8 cm³/mol. The minimum absolute atomic E-state index is 0.814. The van der Waals surface area contributed by atoms with Gasteiger partial charge in [-0.1, -0.05) is 13.8 Å². The maximum atomic E-state index is 4.44.